The Morgan fingerprint density at radius 1 is 1.06 bits per heavy atom. The predicted molar refractivity (Wildman–Crippen MR) is 68.2 cm³/mol. The molecule has 3 rings (SSSR count). The molecule has 0 bridgehead atoms. The number of phenolic OH excluding ortho intramolecular Hbond substituents is 1. The van der Waals surface area contributed by atoms with Gasteiger partial charge in [0.05, 0.1) is 12.5 Å². The number of methoxy groups -OCH3 is 1. The summed E-state index contributed by atoms with van der Waals surface area (Å²) in [5.41, 5.74) is 0.0394. The van der Waals surface area contributed by atoms with Gasteiger partial charge in [-0.05, 0) is 36.4 Å². The third kappa shape index (κ3) is 1.50. The van der Waals surface area contributed by atoms with E-state index in [0.717, 1.165) is 5.39 Å². The van der Waals surface area contributed by atoms with Crippen molar-refractivity contribution < 1.29 is 14.3 Å². The summed E-state index contributed by atoms with van der Waals surface area (Å²) in [6.45, 7) is 0. The fraction of sp³-hybridized carbons (Fsp3) is 0.0714. The molecule has 90 valence electrons. The molecule has 3 aromatic rings. The van der Waals surface area contributed by atoms with Crippen molar-refractivity contribution in [1.82, 2.24) is 0 Å². The van der Waals surface area contributed by atoms with Crippen LogP contribution < -0.4 is 10.4 Å². The molecule has 0 aliphatic heterocycles. The quantitative estimate of drug-likeness (QED) is 0.526. The maximum atomic E-state index is 11.9. The van der Waals surface area contributed by atoms with Crippen LogP contribution in [0.15, 0.2) is 45.6 Å². The van der Waals surface area contributed by atoms with Gasteiger partial charge < -0.3 is 14.3 Å². The summed E-state index contributed by atoms with van der Waals surface area (Å²) in [6, 6.07) is 9.83. The highest BCUT2D eigenvalue weighted by Crippen LogP contribution is 2.28. The van der Waals surface area contributed by atoms with E-state index in [1.807, 2.05) is 0 Å². The Balaban J connectivity index is 2.53. The Kier molecular flexibility index (Phi) is 2.23. The fourth-order valence-electron chi connectivity index (χ4n) is 2.03. The van der Waals surface area contributed by atoms with Gasteiger partial charge in [0.2, 0.25) is 0 Å². The lowest BCUT2D eigenvalue weighted by atomic mass is 10.1. The lowest BCUT2D eigenvalue weighted by molar-refractivity contribution is 0.415. The molecule has 0 atom stereocenters. The van der Waals surface area contributed by atoms with Crippen molar-refractivity contribution in [3.8, 4) is 11.5 Å². The van der Waals surface area contributed by atoms with Gasteiger partial charge >= 0.3 is 5.63 Å². The van der Waals surface area contributed by atoms with Crippen molar-refractivity contribution >= 4 is 21.7 Å². The number of ether oxygens (including phenoxy) is 1. The van der Waals surface area contributed by atoms with Crippen LogP contribution in [0.1, 0.15) is 0 Å². The maximum Gasteiger partial charge on any atom is 0.344 e. The summed E-state index contributed by atoms with van der Waals surface area (Å²) < 4.78 is 10.3. The first-order valence-electron chi connectivity index (χ1n) is 5.42. The van der Waals surface area contributed by atoms with Crippen molar-refractivity contribution in [3.05, 3.63) is 46.8 Å². The molecule has 0 saturated carbocycles. The molecule has 0 amide bonds. The number of aromatic hydroxyl groups is 1. The van der Waals surface area contributed by atoms with E-state index in [1.54, 1.807) is 30.3 Å². The van der Waals surface area contributed by atoms with Gasteiger partial charge in [-0.25, -0.2) is 4.79 Å². The predicted octanol–water partition coefficient (Wildman–Crippen LogP) is 2.66. The second kappa shape index (κ2) is 3.77. The minimum absolute atomic E-state index is 0.133. The van der Waals surface area contributed by atoms with Crippen LogP contribution in [0.2, 0.25) is 0 Å². The molecule has 0 unspecified atom stereocenters. The molecule has 1 aromatic heterocycles. The summed E-state index contributed by atoms with van der Waals surface area (Å²) in [4.78, 5) is 11.9. The van der Waals surface area contributed by atoms with Crippen molar-refractivity contribution in [1.29, 1.82) is 0 Å². The molecular weight excluding hydrogens is 232 g/mol. The Morgan fingerprint density at radius 2 is 1.89 bits per heavy atom. The van der Waals surface area contributed by atoms with E-state index in [2.05, 4.69) is 0 Å². The van der Waals surface area contributed by atoms with Crippen LogP contribution >= 0.6 is 0 Å². The van der Waals surface area contributed by atoms with Gasteiger partial charge in [-0.1, -0.05) is 0 Å². The Morgan fingerprint density at radius 3 is 2.67 bits per heavy atom. The topological polar surface area (TPSA) is 59.7 Å². The van der Waals surface area contributed by atoms with E-state index in [4.69, 9.17) is 9.15 Å². The van der Waals surface area contributed by atoms with Gasteiger partial charge in [-0.3, -0.25) is 0 Å². The van der Waals surface area contributed by atoms with E-state index in [-0.39, 0.29) is 5.75 Å². The highest BCUT2D eigenvalue weighted by atomic mass is 16.5. The zero-order chi connectivity index (χ0) is 12.7. The van der Waals surface area contributed by atoms with Gasteiger partial charge in [0.15, 0.2) is 0 Å². The molecule has 0 aliphatic carbocycles. The van der Waals surface area contributed by atoms with Crippen LogP contribution in [-0.4, -0.2) is 12.2 Å². The van der Waals surface area contributed by atoms with Gasteiger partial charge in [0.25, 0.3) is 0 Å². The molecule has 0 spiro atoms. The number of fused-ring (bicyclic) bond motifs is 3. The average Bonchev–Trinajstić information content (AvgIpc) is 2.39. The number of rotatable bonds is 1. The number of hydrogen-bond donors (Lipinski definition) is 1. The van der Waals surface area contributed by atoms with Crippen LogP contribution in [0.5, 0.6) is 11.5 Å². The van der Waals surface area contributed by atoms with Crippen LogP contribution in [0.25, 0.3) is 21.7 Å². The van der Waals surface area contributed by atoms with E-state index in [1.165, 1.54) is 13.2 Å². The molecule has 18 heavy (non-hydrogen) atoms. The van der Waals surface area contributed by atoms with Crippen molar-refractivity contribution in [2.24, 2.45) is 0 Å². The molecule has 4 nitrogen and oxygen atoms in total. The first-order chi connectivity index (χ1) is 8.69. The SMILES string of the molecule is COc1ccc2c(c1)c(=O)oc1ccc(O)cc12. The molecule has 2 aromatic carbocycles. The maximum absolute atomic E-state index is 11.9. The minimum Gasteiger partial charge on any atom is -0.508 e. The van der Waals surface area contributed by atoms with Gasteiger partial charge in [0, 0.05) is 10.8 Å². The van der Waals surface area contributed by atoms with Crippen molar-refractivity contribution in [2.75, 3.05) is 7.11 Å². The largest absolute Gasteiger partial charge is 0.508 e. The standard InChI is InChI=1S/C14H10O4/c1-17-9-3-4-10-11-6-8(15)2-5-13(11)18-14(16)12(10)7-9/h2-7,15H,1H3. The smallest absolute Gasteiger partial charge is 0.344 e. The zero-order valence-corrected chi connectivity index (χ0v) is 9.64. The highest BCUT2D eigenvalue weighted by molar-refractivity contribution is 6.05. The molecule has 0 saturated heterocycles. The van der Waals surface area contributed by atoms with E-state index in [0.29, 0.717) is 22.1 Å². The van der Waals surface area contributed by atoms with E-state index < -0.39 is 5.63 Å². The Hall–Kier alpha value is -2.49. The van der Waals surface area contributed by atoms with Crippen LogP contribution in [0, 0.1) is 0 Å². The first kappa shape index (κ1) is 10.7. The van der Waals surface area contributed by atoms with Crippen molar-refractivity contribution in [3.63, 3.8) is 0 Å². The second-order valence-electron chi connectivity index (χ2n) is 3.98. The fourth-order valence-corrected chi connectivity index (χ4v) is 2.03. The third-order valence-electron chi connectivity index (χ3n) is 2.90. The van der Waals surface area contributed by atoms with Gasteiger partial charge in [-0.15, -0.1) is 0 Å². The first-order valence-corrected chi connectivity index (χ1v) is 5.42. The summed E-state index contributed by atoms with van der Waals surface area (Å²) >= 11 is 0. The molecular formula is C14H10O4. The summed E-state index contributed by atoms with van der Waals surface area (Å²) in [5, 5.41) is 11.4. The number of benzene rings is 2. The lowest BCUT2D eigenvalue weighted by Crippen LogP contribution is -2.00. The zero-order valence-electron chi connectivity index (χ0n) is 9.64. The minimum atomic E-state index is -0.415. The van der Waals surface area contributed by atoms with E-state index in [9.17, 15) is 9.90 Å². The summed E-state index contributed by atoms with van der Waals surface area (Å²) in [7, 11) is 1.54. The second-order valence-corrected chi connectivity index (χ2v) is 3.98. The Bertz CT molecular complexity index is 802. The number of hydrogen-bond acceptors (Lipinski definition) is 4. The van der Waals surface area contributed by atoms with Gasteiger partial charge in [0.1, 0.15) is 17.1 Å². The third-order valence-corrected chi connectivity index (χ3v) is 2.90. The monoisotopic (exact) mass is 242 g/mol. The normalized spacial score (nSPS) is 10.9. The summed E-state index contributed by atoms with van der Waals surface area (Å²) in [5.74, 6) is 0.725. The van der Waals surface area contributed by atoms with Crippen LogP contribution in [0.4, 0.5) is 0 Å². The average molecular weight is 242 g/mol. The molecule has 4 heteroatoms. The van der Waals surface area contributed by atoms with Crippen LogP contribution in [0.3, 0.4) is 0 Å². The molecule has 0 radical (unpaired) electrons. The summed E-state index contributed by atoms with van der Waals surface area (Å²) in [6.07, 6.45) is 0. The Labute approximate surface area is 102 Å². The lowest BCUT2D eigenvalue weighted by Gasteiger charge is -2.05. The molecule has 0 fully saturated rings. The number of phenols is 1. The van der Waals surface area contributed by atoms with Crippen molar-refractivity contribution in [2.45, 2.75) is 0 Å². The highest BCUT2D eigenvalue weighted by Gasteiger charge is 2.08. The molecule has 1 N–H and O–H groups in total. The van der Waals surface area contributed by atoms with Gasteiger partial charge in [-0.2, -0.15) is 0 Å². The van der Waals surface area contributed by atoms with Crippen LogP contribution in [-0.2, 0) is 0 Å². The van der Waals surface area contributed by atoms with E-state index >= 15 is 0 Å². The molecule has 0 aliphatic rings. The molecule has 1 heterocycles.